The third kappa shape index (κ3) is 5.53. The highest BCUT2D eigenvalue weighted by molar-refractivity contribution is 7.80. The van der Waals surface area contributed by atoms with Crippen molar-refractivity contribution in [1.29, 1.82) is 0 Å². The van der Waals surface area contributed by atoms with Crippen LogP contribution in [0.1, 0.15) is 104 Å². The highest BCUT2D eigenvalue weighted by atomic mass is 32.1. The number of hydrogen-bond acceptors (Lipinski definition) is 1. The number of hydrogen-bond donors (Lipinski definition) is 1. The summed E-state index contributed by atoms with van der Waals surface area (Å²) < 4.78 is 0. The Morgan fingerprint density at radius 3 is 2.43 bits per heavy atom. The highest BCUT2D eigenvalue weighted by Gasteiger charge is 2.33. The highest BCUT2D eigenvalue weighted by Crippen LogP contribution is 2.46. The maximum Gasteiger partial charge on any atom is 0.00430 e. The standard InChI is InChI=1S/C36H42S/c1-5-7-9-27-22-31(23-27)25(4)28-13-15-29(16-14-28)36-34-18-12-26(6-2)21-30(34)10-8-11-35(36)33-19-17-32(37)20-24(33)3/h6,12-21,25,27,31,37H,2,5,7-11,22-23H2,1,3-4H3. The molecule has 1 unspecified atom stereocenters. The summed E-state index contributed by atoms with van der Waals surface area (Å²) >= 11 is 4.60. The van der Waals surface area contributed by atoms with E-state index >= 15 is 0 Å². The first-order valence-corrected chi connectivity index (χ1v) is 14.8. The van der Waals surface area contributed by atoms with E-state index in [4.69, 9.17) is 0 Å². The summed E-state index contributed by atoms with van der Waals surface area (Å²) in [4.78, 5) is 1.03. The van der Waals surface area contributed by atoms with Gasteiger partial charge >= 0.3 is 0 Å². The zero-order valence-corrected chi connectivity index (χ0v) is 23.8. The first-order valence-electron chi connectivity index (χ1n) is 14.4. The van der Waals surface area contributed by atoms with E-state index in [0.29, 0.717) is 5.92 Å². The summed E-state index contributed by atoms with van der Waals surface area (Å²) in [7, 11) is 0. The van der Waals surface area contributed by atoms with Crippen LogP contribution in [-0.2, 0) is 6.42 Å². The minimum atomic E-state index is 0.641. The Morgan fingerprint density at radius 1 is 0.973 bits per heavy atom. The van der Waals surface area contributed by atoms with E-state index in [9.17, 15) is 0 Å². The van der Waals surface area contributed by atoms with Crippen molar-refractivity contribution in [2.45, 2.75) is 83.0 Å². The second-order valence-electron chi connectivity index (χ2n) is 11.5. The second kappa shape index (κ2) is 11.5. The summed E-state index contributed by atoms with van der Waals surface area (Å²) in [5.41, 5.74) is 12.4. The average Bonchev–Trinajstić information content (AvgIpc) is 3.06. The normalized spacial score (nSPS) is 20.1. The number of rotatable bonds is 8. The molecule has 1 heteroatoms. The lowest BCUT2D eigenvalue weighted by atomic mass is 9.66. The first-order chi connectivity index (χ1) is 18.0. The molecule has 0 aliphatic heterocycles. The molecule has 0 saturated heterocycles. The number of allylic oxidation sites excluding steroid dienone is 1. The Morgan fingerprint density at radius 2 is 1.73 bits per heavy atom. The third-order valence-electron chi connectivity index (χ3n) is 9.01. The Kier molecular flexibility index (Phi) is 8.10. The van der Waals surface area contributed by atoms with Crippen molar-refractivity contribution in [3.8, 4) is 0 Å². The molecule has 0 aromatic heterocycles. The van der Waals surface area contributed by atoms with Gasteiger partial charge in [0.25, 0.3) is 0 Å². The van der Waals surface area contributed by atoms with Crippen molar-refractivity contribution < 1.29 is 0 Å². The molecule has 1 atom stereocenters. The van der Waals surface area contributed by atoms with E-state index in [1.54, 1.807) is 0 Å². The predicted octanol–water partition coefficient (Wildman–Crippen LogP) is 10.5. The fourth-order valence-electron chi connectivity index (χ4n) is 6.67. The first kappa shape index (κ1) is 26.1. The average molecular weight is 507 g/mol. The molecule has 3 aromatic carbocycles. The SMILES string of the molecule is C=Cc1ccc2c(c1)CCCC(c1ccc(S)cc1C)=C2c1ccc(C(C)C2CC(CCCC)C2)cc1. The van der Waals surface area contributed by atoms with Crippen LogP contribution in [0, 0.1) is 18.8 Å². The molecule has 0 radical (unpaired) electrons. The Bertz CT molecular complexity index is 1290. The van der Waals surface area contributed by atoms with Crippen LogP contribution in [0.3, 0.4) is 0 Å². The van der Waals surface area contributed by atoms with Crippen molar-refractivity contribution in [3.05, 3.63) is 106 Å². The van der Waals surface area contributed by atoms with E-state index in [2.05, 4.69) is 101 Å². The summed E-state index contributed by atoms with van der Waals surface area (Å²) in [5, 5.41) is 0. The molecule has 2 aliphatic carbocycles. The van der Waals surface area contributed by atoms with Crippen LogP contribution in [-0.4, -0.2) is 0 Å². The molecule has 3 aromatic rings. The van der Waals surface area contributed by atoms with E-state index in [-0.39, 0.29) is 0 Å². The number of thiol groups is 1. The van der Waals surface area contributed by atoms with Gasteiger partial charge in [-0.3, -0.25) is 0 Å². The number of benzene rings is 3. The molecule has 0 spiro atoms. The predicted molar refractivity (Wildman–Crippen MR) is 164 cm³/mol. The summed E-state index contributed by atoms with van der Waals surface area (Å²) in [6, 6.07) is 23.1. The molecule has 5 rings (SSSR count). The van der Waals surface area contributed by atoms with Gasteiger partial charge in [0.1, 0.15) is 0 Å². The van der Waals surface area contributed by atoms with Crippen LogP contribution in [0.4, 0.5) is 0 Å². The van der Waals surface area contributed by atoms with Crippen LogP contribution in [0.25, 0.3) is 17.2 Å². The largest absolute Gasteiger partial charge is 0.143 e. The van der Waals surface area contributed by atoms with Gasteiger partial charge in [0.05, 0.1) is 0 Å². The lowest BCUT2D eigenvalue weighted by Gasteiger charge is -2.39. The van der Waals surface area contributed by atoms with E-state index in [0.717, 1.165) is 36.0 Å². The van der Waals surface area contributed by atoms with Gasteiger partial charge in [-0.2, -0.15) is 0 Å². The Labute approximate surface area is 230 Å². The minimum Gasteiger partial charge on any atom is -0.143 e. The van der Waals surface area contributed by atoms with Gasteiger partial charge in [-0.1, -0.05) is 94.3 Å². The van der Waals surface area contributed by atoms with Gasteiger partial charge in [-0.05, 0) is 119 Å². The molecule has 192 valence electrons. The monoisotopic (exact) mass is 506 g/mol. The number of unbranched alkanes of at least 4 members (excludes halogenated alkanes) is 1. The van der Waals surface area contributed by atoms with Gasteiger partial charge in [0.2, 0.25) is 0 Å². The molecule has 37 heavy (non-hydrogen) atoms. The van der Waals surface area contributed by atoms with E-state index in [1.165, 1.54) is 82.2 Å². The molecule has 0 bridgehead atoms. The van der Waals surface area contributed by atoms with Crippen LogP contribution in [0.2, 0.25) is 0 Å². The molecule has 0 nitrogen and oxygen atoms in total. The molecule has 1 saturated carbocycles. The Balaban J connectivity index is 1.52. The van der Waals surface area contributed by atoms with Crippen LogP contribution >= 0.6 is 12.6 Å². The van der Waals surface area contributed by atoms with Gasteiger partial charge in [0.15, 0.2) is 0 Å². The Hall–Kier alpha value is -2.51. The second-order valence-corrected chi connectivity index (χ2v) is 12.0. The lowest BCUT2D eigenvalue weighted by Crippen LogP contribution is -2.27. The van der Waals surface area contributed by atoms with Crippen molar-refractivity contribution >= 4 is 29.9 Å². The summed E-state index contributed by atoms with van der Waals surface area (Å²) in [6.07, 6.45) is 12.3. The van der Waals surface area contributed by atoms with Crippen molar-refractivity contribution in [2.75, 3.05) is 0 Å². The molecular formula is C36H42S. The van der Waals surface area contributed by atoms with Gasteiger partial charge in [0, 0.05) is 4.90 Å². The van der Waals surface area contributed by atoms with Crippen molar-refractivity contribution in [2.24, 2.45) is 11.8 Å². The maximum atomic E-state index is 4.60. The zero-order valence-electron chi connectivity index (χ0n) is 22.9. The fourth-order valence-corrected chi connectivity index (χ4v) is 6.94. The molecule has 0 heterocycles. The summed E-state index contributed by atoms with van der Waals surface area (Å²) in [6.45, 7) is 11.0. The molecule has 2 aliphatic rings. The van der Waals surface area contributed by atoms with Crippen LogP contribution < -0.4 is 0 Å². The van der Waals surface area contributed by atoms with Crippen molar-refractivity contribution in [1.82, 2.24) is 0 Å². The zero-order chi connectivity index (χ0) is 25.9. The molecule has 0 amide bonds. The number of aryl methyl sites for hydroxylation is 2. The minimum absolute atomic E-state index is 0.641. The molecular weight excluding hydrogens is 464 g/mol. The lowest BCUT2D eigenvalue weighted by molar-refractivity contribution is 0.154. The molecule has 1 fully saturated rings. The maximum absolute atomic E-state index is 4.60. The van der Waals surface area contributed by atoms with Gasteiger partial charge in [-0.15, -0.1) is 12.6 Å². The number of fused-ring (bicyclic) bond motifs is 1. The fraction of sp³-hybridized carbons (Fsp3) is 0.389. The third-order valence-corrected chi connectivity index (χ3v) is 9.29. The quantitative estimate of drug-likeness (QED) is 0.289. The van der Waals surface area contributed by atoms with Crippen LogP contribution in [0.5, 0.6) is 0 Å². The molecule has 0 N–H and O–H groups in total. The van der Waals surface area contributed by atoms with Gasteiger partial charge < -0.3 is 0 Å². The summed E-state index contributed by atoms with van der Waals surface area (Å²) in [5.74, 6) is 2.46. The van der Waals surface area contributed by atoms with E-state index < -0.39 is 0 Å². The van der Waals surface area contributed by atoms with Gasteiger partial charge in [-0.25, -0.2) is 0 Å². The van der Waals surface area contributed by atoms with Crippen LogP contribution in [0.15, 0.2) is 72.1 Å². The smallest absolute Gasteiger partial charge is 0.00430 e. The van der Waals surface area contributed by atoms with Crippen molar-refractivity contribution in [3.63, 3.8) is 0 Å². The topological polar surface area (TPSA) is 0 Å². The van der Waals surface area contributed by atoms with E-state index in [1.807, 2.05) is 6.08 Å².